The van der Waals surface area contributed by atoms with Crippen molar-refractivity contribution in [3.8, 4) is 0 Å². The van der Waals surface area contributed by atoms with Gasteiger partial charge in [-0.05, 0) is 73.0 Å². The molecule has 192 valence electrons. The number of hydrogen-bond donors (Lipinski definition) is 0. The van der Waals surface area contributed by atoms with Crippen molar-refractivity contribution >= 4 is 0 Å². The molecule has 0 spiro atoms. The van der Waals surface area contributed by atoms with E-state index in [1.165, 1.54) is 128 Å². The fourth-order valence-corrected chi connectivity index (χ4v) is 6.04. The van der Waals surface area contributed by atoms with E-state index >= 15 is 0 Å². The van der Waals surface area contributed by atoms with Crippen molar-refractivity contribution in [1.82, 2.24) is 0 Å². The molecule has 0 saturated heterocycles. The minimum Gasteiger partial charge on any atom is -0.0599 e. The van der Waals surface area contributed by atoms with Gasteiger partial charge in [0.1, 0.15) is 0 Å². The smallest absolute Gasteiger partial charge is 0.0354 e. The lowest BCUT2D eigenvalue weighted by Crippen LogP contribution is -2.14. The molecular weight excluding hydrogens is 384 g/mol. The molecule has 4 fully saturated rings. The van der Waals surface area contributed by atoms with Crippen LogP contribution in [0.15, 0.2) is 0 Å². The van der Waals surface area contributed by atoms with E-state index < -0.39 is 0 Å². The Morgan fingerprint density at radius 1 is 0.219 bits per heavy atom. The molecule has 0 atom stereocenters. The lowest BCUT2D eigenvalue weighted by molar-refractivity contribution is 0.244. The molecular formula is C32H64. The Morgan fingerprint density at radius 3 is 0.406 bits per heavy atom. The van der Waals surface area contributed by atoms with Gasteiger partial charge in [-0.2, -0.15) is 0 Å². The van der Waals surface area contributed by atoms with Gasteiger partial charge in [-0.3, -0.25) is 0 Å². The van der Waals surface area contributed by atoms with Crippen molar-refractivity contribution in [3.63, 3.8) is 0 Å². The van der Waals surface area contributed by atoms with Crippen LogP contribution in [0.1, 0.15) is 184 Å². The largest absolute Gasteiger partial charge is 0.0599 e. The topological polar surface area (TPSA) is 0 Å². The molecule has 0 bridgehead atoms. The van der Waals surface area contributed by atoms with Gasteiger partial charge >= 0.3 is 0 Å². The zero-order chi connectivity index (χ0) is 24.1. The van der Waals surface area contributed by atoms with Crippen LogP contribution in [0.2, 0.25) is 0 Å². The Labute approximate surface area is 205 Å². The van der Waals surface area contributed by atoms with Gasteiger partial charge in [-0.25, -0.2) is 0 Å². The molecule has 0 heterocycles. The first-order valence-corrected chi connectivity index (χ1v) is 14.8. The Bertz CT molecular complexity index is 344. The molecule has 0 heteroatoms. The summed E-state index contributed by atoms with van der Waals surface area (Å²) in [5.74, 6) is 0. The van der Waals surface area contributed by atoms with Crippen LogP contribution in [0, 0.1) is 21.7 Å². The van der Waals surface area contributed by atoms with Crippen LogP contribution in [-0.2, 0) is 0 Å². The fraction of sp³-hybridized carbons (Fsp3) is 1.00. The molecule has 4 rings (SSSR count). The molecule has 32 heavy (non-hydrogen) atoms. The molecule has 4 saturated carbocycles. The Morgan fingerprint density at radius 2 is 0.344 bits per heavy atom. The highest BCUT2D eigenvalue weighted by atomic mass is 14.3. The maximum atomic E-state index is 2.38. The summed E-state index contributed by atoms with van der Waals surface area (Å²) in [4.78, 5) is 0. The molecule has 0 N–H and O–H groups in total. The van der Waals surface area contributed by atoms with Crippen LogP contribution in [0.3, 0.4) is 0 Å². The molecule has 0 aromatic heterocycles. The molecule has 0 aliphatic heterocycles. The molecule has 4 aliphatic carbocycles. The highest BCUT2D eigenvalue weighted by Gasteiger charge is 2.22. The summed E-state index contributed by atoms with van der Waals surface area (Å²) in [6, 6.07) is 0. The van der Waals surface area contributed by atoms with Crippen molar-refractivity contribution < 1.29 is 0 Å². The van der Waals surface area contributed by atoms with E-state index in [1.807, 2.05) is 0 Å². The summed E-state index contributed by atoms with van der Waals surface area (Å²) < 4.78 is 0. The van der Waals surface area contributed by atoms with Crippen molar-refractivity contribution in [1.29, 1.82) is 0 Å². The van der Waals surface area contributed by atoms with Crippen LogP contribution in [-0.4, -0.2) is 0 Å². The maximum absolute atomic E-state index is 2.38. The van der Waals surface area contributed by atoms with Crippen LogP contribution >= 0.6 is 0 Å². The van der Waals surface area contributed by atoms with E-state index in [9.17, 15) is 0 Å². The molecule has 0 aromatic carbocycles. The maximum Gasteiger partial charge on any atom is -0.0354 e. The first kappa shape index (κ1) is 30.0. The van der Waals surface area contributed by atoms with Crippen LogP contribution < -0.4 is 0 Å². The monoisotopic (exact) mass is 449 g/mol. The van der Waals surface area contributed by atoms with Gasteiger partial charge < -0.3 is 0 Å². The highest BCUT2D eigenvalue weighted by molar-refractivity contribution is 4.74. The first-order valence-electron chi connectivity index (χ1n) is 14.8. The molecule has 0 nitrogen and oxygen atoms in total. The molecule has 0 amide bonds. The second-order valence-electron chi connectivity index (χ2n) is 14.9. The van der Waals surface area contributed by atoms with Gasteiger partial charge in [0.15, 0.2) is 0 Å². The van der Waals surface area contributed by atoms with Gasteiger partial charge in [0.2, 0.25) is 0 Å². The number of hydrogen-bond acceptors (Lipinski definition) is 0. The van der Waals surface area contributed by atoms with Crippen molar-refractivity contribution in [3.05, 3.63) is 0 Å². The highest BCUT2D eigenvalue weighted by Crippen LogP contribution is 2.36. The first-order chi connectivity index (χ1) is 14.8. The van der Waals surface area contributed by atoms with Crippen LogP contribution in [0.4, 0.5) is 0 Å². The van der Waals surface area contributed by atoms with E-state index in [4.69, 9.17) is 0 Å². The summed E-state index contributed by atoms with van der Waals surface area (Å²) in [6.45, 7) is 19.0. The standard InChI is InChI=1S/4C8H16/c4*1-8(2)6-4-3-5-7-8/h4*3-7H2,1-2H3. The molecule has 0 unspecified atom stereocenters. The summed E-state index contributed by atoms with van der Waals surface area (Å²) in [5.41, 5.74) is 2.72. The minimum absolute atomic E-state index is 0.679. The van der Waals surface area contributed by atoms with E-state index in [2.05, 4.69) is 55.4 Å². The van der Waals surface area contributed by atoms with E-state index in [1.54, 1.807) is 0 Å². The summed E-state index contributed by atoms with van der Waals surface area (Å²) in [6.07, 6.45) is 29.2. The van der Waals surface area contributed by atoms with Crippen molar-refractivity contribution in [2.75, 3.05) is 0 Å². The van der Waals surface area contributed by atoms with E-state index in [0.29, 0.717) is 21.7 Å². The van der Waals surface area contributed by atoms with Crippen LogP contribution in [0.25, 0.3) is 0 Å². The quantitative estimate of drug-likeness (QED) is 0.345. The summed E-state index contributed by atoms with van der Waals surface area (Å²) in [5, 5.41) is 0. The van der Waals surface area contributed by atoms with Crippen LogP contribution in [0.5, 0.6) is 0 Å². The third-order valence-electron chi connectivity index (χ3n) is 8.83. The van der Waals surface area contributed by atoms with Gasteiger partial charge in [0.25, 0.3) is 0 Å². The predicted octanol–water partition coefficient (Wildman–Crippen LogP) is 11.9. The lowest BCUT2D eigenvalue weighted by atomic mass is 9.78. The van der Waals surface area contributed by atoms with Gasteiger partial charge in [0, 0.05) is 0 Å². The molecule has 0 radical (unpaired) electrons. The lowest BCUT2D eigenvalue weighted by Gasteiger charge is -2.28. The second kappa shape index (κ2) is 14.4. The third kappa shape index (κ3) is 15.8. The van der Waals surface area contributed by atoms with E-state index in [-0.39, 0.29) is 0 Å². The fourth-order valence-electron chi connectivity index (χ4n) is 6.04. The zero-order valence-electron chi connectivity index (χ0n) is 24.1. The summed E-state index contributed by atoms with van der Waals surface area (Å²) in [7, 11) is 0. The SMILES string of the molecule is CC1(C)CCCCC1.CC1(C)CCCCC1.CC1(C)CCCCC1.CC1(C)CCCCC1. The Kier molecular flexibility index (Phi) is 13.5. The number of rotatable bonds is 0. The Hall–Kier alpha value is 0. The predicted molar refractivity (Wildman–Crippen MR) is 147 cm³/mol. The second-order valence-corrected chi connectivity index (χ2v) is 14.9. The third-order valence-corrected chi connectivity index (χ3v) is 8.83. The average molecular weight is 449 g/mol. The zero-order valence-corrected chi connectivity index (χ0v) is 24.1. The normalized spacial score (nSPS) is 27.8. The van der Waals surface area contributed by atoms with E-state index in [0.717, 1.165) is 0 Å². The average Bonchev–Trinajstić information content (AvgIpc) is 2.69. The minimum atomic E-state index is 0.679. The molecule has 0 aromatic rings. The van der Waals surface area contributed by atoms with Crippen molar-refractivity contribution in [2.45, 2.75) is 184 Å². The van der Waals surface area contributed by atoms with Gasteiger partial charge in [-0.15, -0.1) is 0 Å². The Balaban J connectivity index is 0.000000213. The van der Waals surface area contributed by atoms with Crippen molar-refractivity contribution in [2.24, 2.45) is 21.7 Å². The molecule has 4 aliphatic rings. The summed E-state index contributed by atoms with van der Waals surface area (Å²) >= 11 is 0. The van der Waals surface area contributed by atoms with Gasteiger partial charge in [0.05, 0.1) is 0 Å². The van der Waals surface area contributed by atoms with Gasteiger partial charge in [-0.1, -0.05) is 132 Å².